The Balaban J connectivity index is 1.94. The fourth-order valence-corrected chi connectivity index (χ4v) is 3.21. The van der Waals surface area contributed by atoms with Crippen molar-refractivity contribution < 1.29 is 4.79 Å². The molecule has 0 aliphatic carbocycles. The zero-order valence-electron chi connectivity index (χ0n) is 16.2. The molecule has 0 saturated carbocycles. The molecule has 1 heterocycles. The molecule has 0 aliphatic rings. The molecule has 3 aromatic rings. The van der Waals surface area contributed by atoms with Crippen LogP contribution < -0.4 is 16.6 Å². The zero-order valence-corrected chi connectivity index (χ0v) is 16.2. The second kappa shape index (κ2) is 8.22. The first-order chi connectivity index (χ1) is 13.4. The summed E-state index contributed by atoms with van der Waals surface area (Å²) in [4.78, 5) is 42.0. The number of H-pyrrole nitrogens is 1. The van der Waals surface area contributed by atoms with Crippen LogP contribution in [-0.2, 0) is 6.54 Å². The number of nitrogens with zero attached hydrogens (tertiary/aromatic N) is 2. The minimum atomic E-state index is -0.479. The van der Waals surface area contributed by atoms with Crippen LogP contribution in [0.4, 0.5) is 0 Å². The van der Waals surface area contributed by atoms with Gasteiger partial charge in [0.1, 0.15) is 0 Å². The van der Waals surface area contributed by atoms with E-state index in [-0.39, 0.29) is 24.1 Å². The fourth-order valence-electron chi connectivity index (χ4n) is 3.21. The van der Waals surface area contributed by atoms with E-state index < -0.39 is 5.69 Å². The molecule has 28 heavy (non-hydrogen) atoms. The van der Waals surface area contributed by atoms with Crippen molar-refractivity contribution in [2.24, 2.45) is 0 Å². The number of nitrogens with one attached hydrogen (secondary N) is 2. The monoisotopic (exact) mass is 380 g/mol. The third-order valence-corrected chi connectivity index (χ3v) is 4.62. The van der Waals surface area contributed by atoms with Gasteiger partial charge < -0.3 is 15.2 Å². The number of hydrogen-bond acceptors (Lipinski definition) is 4. The predicted molar refractivity (Wildman–Crippen MR) is 110 cm³/mol. The summed E-state index contributed by atoms with van der Waals surface area (Å²) in [5.41, 5.74) is 0.910. The highest BCUT2D eigenvalue weighted by molar-refractivity contribution is 5.97. The molecule has 3 rings (SSSR count). The summed E-state index contributed by atoms with van der Waals surface area (Å²) in [7, 11) is 3.89. The number of aromatic nitrogens is 2. The number of hydrogen-bond donors (Lipinski definition) is 2. The van der Waals surface area contributed by atoms with Crippen LogP contribution in [0.15, 0.2) is 58.1 Å². The minimum Gasteiger partial charge on any atom is -0.344 e. The van der Waals surface area contributed by atoms with Gasteiger partial charge >= 0.3 is 5.69 Å². The molecule has 1 amide bonds. The molecule has 0 bridgehead atoms. The fraction of sp³-hybridized carbons (Fsp3) is 0.286. The Morgan fingerprint density at radius 2 is 1.86 bits per heavy atom. The summed E-state index contributed by atoms with van der Waals surface area (Å²) in [5, 5.41) is 3.42. The van der Waals surface area contributed by atoms with Crippen molar-refractivity contribution >= 4 is 16.8 Å². The van der Waals surface area contributed by atoms with Crippen molar-refractivity contribution in [1.82, 2.24) is 19.8 Å². The second-order valence-electron chi connectivity index (χ2n) is 6.94. The van der Waals surface area contributed by atoms with Gasteiger partial charge in [-0.15, -0.1) is 0 Å². The van der Waals surface area contributed by atoms with Gasteiger partial charge in [-0.05, 0) is 44.8 Å². The topological polar surface area (TPSA) is 87.2 Å². The van der Waals surface area contributed by atoms with Crippen molar-refractivity contribution in [3.05, 3.63) is 80.5 Å². The average Bonchev–Trinajstić information content (AvgIpc) is 2.67. The lowest BCUT2D eigenvalue weighted by atomic mass is 10.1. The van der Waals surface area contributed by atoms with Crippen LogP contribution in [0, 0.1) is 0 Å². The summed E-state index contributed by atoms with van der Waals surface area (Å²) in [6.07, 6.45) is 0. The maximum Gasteiger partial charge on any atom is 0.328 e. The summed E-state index contributed by atoms with van der Waals surface area (Å²) in [5.74, 6) is -0.266. The molecule has 0 aliphatic heterocycles. The van der Waals surface area contributed by atoms with E-state index in [0.29, 0.717) is 23.0 Å². The lowest BCUT2D eigenvalue weighted by Gasteiger charge is -2.23. The molecule has 0 radical (unpaired) electrons. The predicted octanol–water partition coefficient (Wildman–Crippen LogP) is 1.74. The van der Waals surface area contributed by atoms with Crippen LogP contribution in [0.5, 0.6) is 0 Å². The SMILES string of the molecule is CCn1c(=O)[nH]c2cc(C(=O)NC(CN(C)C)c3ccccc3)ccc2c1=O. The molecule has 0 spiro atoms. The Bertz CT molecular complexity index is 1100. The van der Waals surface area contributed by atoms with E-state index in [2.05, 4.69) is 10.3 Å². The Morgan fingerprint density at radius 3 is 2.50 bits per heavy atom. The van der Waals surface area contributed by atoms with Crippen molar-refractivity contribution in [1.29, 1.82) is 0 Å². The number of rotatable bonds is 6. The molecule has 1 unspecified atom stereocenters. The van der Waals surface area contributed by atoms with Crippen LogP contribution in [-0.4, -0.2) is 41.0 Å². The number of carbonyl (C=O) groups is 1. The van der Waals surface area contributed by atoms with E-state index >= 15 is 0 Å². The first-order valence-electron chi connectivity index (χ1n) is 9.18. The van der Waals surface area contributed by atoms with Crippen molar-refractivity contribution in [2.45, 2.75) is 19.5 Å². The first-order valence-corrected chi connectivity index (χ1v) is 9.18. The molecule has 2 aromatic carbocycles. The Morgan fingerprint density at radius 1 is 1.14 bits per heavy atom. The number of benzene rings is 2. The highest BCUT2D eigenvalue weighted by Crippen LogP contribution is 2.16. The van der Waals surface area contributed by atoms with Crippen molar-refractivity contribution in [3.8, 4) is 0 Å². The maximum absolute atomic E-state index is 12.8. The van der Waals surface area contributed by atoms with E-state index in [0.717, 1.165) is 10.1 Å². The smallest absolute Gasteiger partial charge is 0.328 e. The van der Waals surface area contributed by atoms with Gasteiger partial charge in [-0.25, -0.2) is 4.79 Å². The summed E-state index contributed by atoms with van der Waals surface area (Å²) >= 11 is 0. The molecular weight excluding hydrogens is 356 g/mol. The molecule has 0 saturated heterocycles. The third-order valence-electron chi connectivity index (χ3n) is 4.62. The van der Waals surface area contributed by atoms with Gasteiger partial charge in [0.25, 0.3) is 11.5 Å². The van der Waals surface area contributed by atoms with Gasteiger partial charge in [0, 0.05) is 18.7 Å². The molecule has 1 atom stereocenters. The maximum atomic E-state index is 12.8. The molecular formula is C21H24N4O3. The Kier molecular flexibility index (Phi) is 5.75. The van der Waals surface area contributed by atoms with Crippen LogP contribution in [0.25, 0.3) is 10.9 Å². The Labute approximate surface area is 162 Å². The normalized spacial score (nSPS) is 12.3. The van der Waals surface area contributed by atoms with Gasteiger partial charge in [-0.1, -0.05) is 30.3 Å². The molecule has 146 valence electrons. The molecule has 2 N–H and O–H groups in total. The number of carbonyl (C=O) groups excluding carboxylic acids is 1. The Hall–Kier alpha value is -3.19. The van der Waals surface area contributed by atoms with Crippen molar-refractivity contribution in [3.63, 3.8) is 0 Å². The van der Waals surface area contributed by atoms with E-state index in [1.54, 1.807) is 25.1 Å². The highest BCUT2D eigenvalue weighted by atomic mass is 16.2. The average molecular weight is 380 g/mol. The molecule has 0 fully saturated rings. The van der Waals surface area contributed by atoms with Gasteiger partial charge in [-0.2, -0.15) is 0 Å². The number of fused-ring (bicyclic) bond motifs is 1. The zero-order chi connectivity index (χ0) is 20.3. The molecule has 7 nitrogen and oxygen atoms in total. The highest BCUT2D eigenvalue weighted by Gasteiger charge is 2.17. The van der Waals surface area contributed by atoms with Crippen LogP contribution in [0.1, 0.15) is 28.9 Å². The lowest BCUT2D eigenvalue weighted by Crippen LogP contribution is -2.36. The quantitative estimate of drug-likeness (QED) is 0.682. The van der Waals surface area contributed by atoms with Crippen LogP contribution >= 0.6 is 0 Å². The summed E-state index contributed by atoms with van der Waals surface area (Å²) < 4.78 is 1.13. The number of likely N-dealkylation sites (N-methyl/N-ethyl adjacent to an activating group) is 1. The van der Waals surface area contributed by atoms with E-state index in [9.17, 15) is 14.4 Å². The summed E-state index contributed by atoms with van der Waals surface area (Å²) in [6.45, 7) is 2.66. The van der Waals surface area contributed by atoms with Gasteiger partial charge in [0.2, 0.25) is 0 Å². The third kappa shape index (κ3) is 4.04. The lowest BCUT2D eigenvalue weighted by molar-refractivity contribution is 0.0930. The standard InChI is InChI=1S/C21H24N4O3/c1-4-25-20(27)16-11-10-15(12-17(16)23-21(25)28)19(26)22-18(13-24(2)3)14-8-6-5-7-9-14/h5-12,18H,4,13H2,1-3H3,(H,22,26)(H,23,28). The molecule has 7 heteroatoms. The number of aromatic amines is 1. The van der Waals surface area contributed by atoms with Gasteiger partial charge in [0.05, 0.1) is 16.9 Å². The summed E-state index contributed by atoms with van der Waals surface area (Å²) in [6, 6.07) is 14.3. The van der Waals surface area contributed by atoms with E-state index in [1.165, 1.54) is 0 Å². The van der Waals surface area contributed by atoms with Crippen molar-refractivity contribution in [2.75, 3.05) is 20.6 Å². The van der Waals surface area contributed by atoms with E-state index in [1.807, 2.05) is 49.3 Å². The first kappa shape index (κ1) is 19.6. The van der Waals surface area contributed by atoms with Gasteiger partial charge in [-0.3, -0.25) is 14.2 Å². The minimum absolute atomic E-state index is 0.188. The van der Waals surface area contributed by atoms with Gasteiger partial charge in [0.15, 0.2) is 0 Å². The van der Waals surface area contributed by atoms with E-state index in [4.69, 9.17) is 0 Å². The number of amides is 1. The largest absolute Gasteiger partial charge is 0.344 e. The molecule has 1 aromatic heterocycles. The van der Waals surface area contributed by atoms with Crippen LogP contribution in [0.3, 0.4) is 0 Å². The second-order valence-corrected chi connectivity index (χ2v) is 6.94. The van der Waals surface area contributed by atoms with Crippen LogP contribution in [0.2, 0.25) is 0 Å².